The van der Waals surface area contributed by atoms with E-state index in [1.165, 1.54) is 66.9 Å². The topological polar surface area (TPSA) is 12.0 Å². The molecule has 1 unspecified atom stereocenters. The molecule has 3 heteroatoms. The lowest BCUT2D eigenvalue weighted by molar-refractivity contribution is 0.286. The maximum absolute atomic E-state index is 4.32. The number of nitrogens with one attached hydrogen (secondary N) is 1. The van der Waals surface area contributed by atoms with Gasteiger partial charge in [-0.1, -0.05) is 75.9 Å². The van der Waals surface area contributed by atoms with Gasteiger partial charge in [0.1, 0.15) is 0 Å². The van der Waals surface area contributed by atoms with E-state index >= 15 is 0 Å². The van der Waals surface area contributed by atoms with Crippen LogP contribution in [0.3, 0.4) is 0 Å². The minimum absolute atomic E-state index is 0.502. The average Bonchev–Trinajstić information content (AvgIpc) is 2.55. The van der Waals surface area contributed by atoms with Crippen LogP contribution in [0.15, 0.2) is 10.8 Å². The van der Waals surface area contributed by atoms with Gasteiger partial charge in [0.05, 0.1) is 8.07 Å². The second-order valence-corrected chi connectivity index (χ2v) is 14.9. The molecule has 0 aromatic heterocycles. The van der Waals surface area contributed by atoms with E-state index in [1.54, 1.807) is 10.8 Å². The summed E-state index contributed by atoms with van der Waals surface area (Å²) in [6.45, 7) is 14.5. The molecule has 1 fully saturated rings. The first-order valence-corrected chi connectivity index (χ1v) is 13.5. The molecule has 0 saturated heterocycles. The van der Waals surface area contributed by atoms with Gasteiger partial charge in [0.2, 0.25) is 0 Å². The summed E-state index contributed by atoms with van der Waals surface area (Å²) in [4.78, 5) is 0. The third-order valence-corrected chi connectivity index (χ3v) is 14.4. The molecule has 0 aromatic carbocycles. The van der Waals surface area contributed by atoms with E-state index in [9.17, 15) is 0 Å². The van der Waals surface area contributed by atoms with Crippen LogP contribution in [-0.4, -0.2) is 29.5 Å². The van der Waals surface area contributed by atoms with E-state index in [4.69, 9.17) is 0 Å². The van der Waals surface area contributed by atoms with Crippen molar-refractivity contribution < 1.29 is 0 Å². The second kappa shape index (κ2) is 8.84. The van der Waals surface area contributed by atoms with Gasteiger partial charge >= 0.3 is 0 Å². The van der Waals surface area contributed by atoms with Crippen molar-refractivity contribution in [2.24, 2.45) is 0 Å². The molecule has 0 spiro atoms. The second-order valence-electron chi connectivity index (χ2n) is 7.77. The minimum Gasteiger partial charge on any atom is -0.307 e. The molecule has 0 amide bonds. The van der Waals surface area contributed by atoms with Crippen LogP contribution in [0.2, 0.25) is 18.1 Å². The summed E-state index contributed by atoms with van der Waals surface area (Å²) in [6.07, 6.45) is 8.48. The predicted octanol–water partition coefficient (Wildman–Crippen LogP) is 4.76. The summed E-state index contributed by atoms with van der Waals surface area (Å²) < 4.78 is 0. The molecular formula is C19H41NSi2. The Balaban J connectivity index is 3.19. The highest BCUT2D eigenvalue weighted by atomic mass is 28.3. The maximum Gasteiger partial charge on any atom is 0.0757 e. The average molecular weight is 340 g/mol. The predicted molar refractivity (Wildman–Crippen MR) is 109 cm³/mol. The van der Waals surface area contributed by atoms with Crippen molar-refractivity contribution in [1.29, 1.82) is 0 Å². The third-order valence-electron chi connectivity index (χ3n) is 6.92. The zero-order valence-corrected chi connectivity index (χ0v) is 19.4. The molecule has 1 nitrogen and oxygen atoms in total. The molecule has 0 aliphatic heterocycles. The smallest absolute Gasteiger partial charge is 0.0757 e. The highest BCUT2D eigenvalue weighted by Crippen LogP contribution is 2.43. The fourth-order valence-corrected chi connectivity index (χ4v) is 10.7. The van der Waals surface area contributed by atoms with Gasteiger partial charge in [-0.3, -0.25) is 0 Å². The lowest BCUT2D eigenvalue weighted by Gasteiger charge is -2.53. The fourth-order valence-electron chi connectivity index (χ4n) is 4.95. The van der Waals surface area contributed by atoms with Crippen molar-refractivity contribution in [2.45, 2.75) is 109 Å². The molecule has 0 bridgehead atoms. The van der Waals surface area contributed by atoms with Crippen molar-refractivity contribution in [1.82, 2.24) is 5.32 Å². The summed E-state index contributed by atoms with van der Waals surface area (Å²) in [7, 11) is -0.0412. The monoisotopic (exact) mass is 339 g/mol. The van der Waals surface area contributed by atoms with Crippen LogP contribution in [-0.2, 0) is 0 Å². The lowest BCUT2D eigenvalue weighted by atomic mass is 9.92. The lowest BCUT2D eigenvalue weighted by Crippen LogP contribution is -2.68. The Morgan fingerprint density at radius 1 is 1.00 bits per heavy atom. The number of hydrogen-bond acceptors (Lipinski definition) is 1. The molecule has 0 aromatic rings. The fraction of sp³-hybridized carbons (Fsp3) is 0.895. The number of allylic oxidation sites excluding steroid dienone is 1. The zero-order valence-electron chi connectivity index (χ0n) is 16.4. The number of hydrogen-bond donors (Lipinski definition) is 1. The Morgan fingerprint density at radius 2 is 1.50 bits per heavy atom. The summed E-state index contributed by atoms with van der Waals surface area (Å²) in [5, 5.41) is 6.46. The Labute approximate surface area is 144 Å². The SMILES string of the molecule is CCC(NC1([Si](CC)(CC)CC)CCCCC1)C(C)=C(C)[SiH3]. The van der Waals surface area contributed by atoms with Crippen LogP contribution in [0.1, 0.15) is 80.1 Å². The Bertz CT molecular complexity index is 353. The van der Waals surface area contributed by atoms with Crippen molar-refractivity contribution >= 4 is 18.3 Å². The van der Waals surface area contributed by atoms with Crippen molar-refractivity contribution in [3.8, 4) is 0 Å². The summed E-state index contributed by atoms with van der Waals surface area (Å²) in [5.74, 6) is 0. The molecule has 1 saturated carbocycles. The molecule has 0 radical (unpaired) electrons. The van der Waals surface area contributed by atoms with E-state index in [0.717, 1.165) is 0 Å². The van der Waals surface area contributed by atoms with E-state index in [1.807, 2.05) is 0 Å². The van der Waals surface area contributed by atoms with E-state index < -0.39 is 8.07 Å². The standard InChI is InChI=1S/C19H41NSi2/c1-7-18(16(5)17(6)21)20-19(14-12-11-13-15-19)22(8-2,9-3)10-4/h18,20H,7-15H2,1-6,21H3. The van der Waals surface area contributed by atoms with E-state index in [-0.39, 0.29) is 0 Å². The van der Waals surface area contributed by atoms with Crippen molar-refractivity contribution in [3.63, 3.8) is 0 Å². The summed E-state index contributed by atoms with van der Waals surface area (Å²) in [6, 6.07) is 4.97. The first-order chi connectivity index (χ1) is 10.4. The molecule has 1 aliphatic rings. The molecule has 22 heavy (non-hydrogen) atoms. The van der Waals surface area contributed by atoms with Gasteiger partial charge in [-0.15, -0.1) is 0 Å². The Morgan fingerprint density at radius 3 is 1.86 bits per heavy atom. The van der Waals surface area contributed by atoms with Gasteiger partial charge in [-0.2, -0.15) is 0 Å². The largest absolute Gasteiger partial charge is 0.307 e. The molecule has 130 valence electrons. The molecule has 0 heterocycles. The highest BCUT2D eigenvalue weighted by molar-refractivity contribution is 6.82. The quantitative estimate of drug-likeness (QED) is 0.628. The van der Waals surface area contributed by atoms with Crippen LogP contribution in [0.5, 0.6) is 0 Å². The molecule has 1 aliphatic carbocycles. The van der Waals surface area contributed by atoms with E-state index in [0.29, 0.717) is 11.2 Å². The Hall–Kier alpha value is 0.134. The van der Waals surface area contributed by atoms with Gasteiger partial charge in [0, 0.05) is 21.4 Å². The first-order valence-electron chi connectivity index (χ1n) is 9.83. The van der Waals surface area contributed by atoms with Crippen molar-refractivity contribution in [3.05, 3.63) is 10.8 Å². The van der Waals surface area contributed by atoms with Gasteiger partial charge < -0.3 is 5.32 Å². The van der Waals surface area contributed by atoms with E-state index in [2.05, 4.69) is 46.9 Å². The van der Waals surface area contributed by atoms with Crippen LogP contribution in [0.4, 0.5) is 0 Å². The van der Waals surface area contributed by atoms with Gasteiger partial charge in [0.15, 0.2) is 0 Å². The highest BCUT2D eigenvalue weighted by Gasteiger charge is 2.50. The number of rotatable bonds is 8. The molecule has 1 N–H and O–H groups in total. The summed E-state index contributed by atoms with van der Waals surface area (Å²) >= 11 is 0. The molecular weight excluding hydrogens is 298 g/mol. The molecule has 1 rings (SSSR count). The minimum atomic E-state index is -1.25. The third kappa shape index (κ3) is 3.96. The van der Waals surface area contributed by atoms with Crippen molar-refractivity contribution in [2.75, 3.05) is 0 Å². The van der Waals surface area contributed by atoms with Gasteiger partial charge in [0.25, 0.3) is 0 Å². The Kier molecular flexibility index (Phi) is 8.11. The van der Waals surface area contributed by atoms with Crippen LogP contribution < -0.4 is 5.32 Å². The normalized spacial score (nSPS) is 21.5. The van der Waals surface area contributed by atoms with Crippen LogP contribution in [0.25, 0.3) is 0 Å². The molecule has 1 atom stereocenters. The zero-order chi connectivity index (χ0) is 16.8. The van der Waals surface area contributed by atoms with Crippen LogP contribution >= 0.6 is 0 Å². The maximum atomic E-state index is 4.32. The van der Waals surface area contributed by atoms with Gasteiger partial charge in [-0.05, 0) is 33.1 Å². The first kappa shape index (κ1) is 20.2. The van der Waals surface area contributed by atoms with Gasteiger partial charge in [-0.25, -0.2) is 0 Å². The van der Waals surface area contributed by atoms with Crippen LogP contribution in [0, 0.1) is 0 Å². The summed E-state index contributed by atoms with van der Waals surface area (Å²) in [5.41, 5.74) is 1.64.